The number of esters is 1. The van der Waals surface area contributed by atoms with Gasteiger partial charge in [-0.25, -0.2) is 4.79 Å². The third kappa shape index (κ3) is 5.11. The van der Waals surface area contributed by atoms with E-state index in [1.807, 2.05) is 48.5 Å². The van der Waals surface area contributed by atoms with Crippen molar-refractivity contribution in [3.05, 3.63) is 99.4 Å². The van der Waals surface area contributed by atoms with Crippen molar-refractivity contribution in [1.29, 1.82) is 0 Å². The number of hydrogen-bond donors (Lipinski definition) is 0. The lowest BCUT2D eigenvalue weighted by molar-refractivity contribution is -0.113. The molecule has 3 aromatic rings. The molecule has 4 rings (SSSR count). The molecule has 8 heteroatoms. The zero-order valence-electron chi connectivity index (χ0n) is 17.5. The van der Waals surface area contributed by atoms with Crippen molar-refractivity contribution in [3.63, 3.8) is 0 Å². The first kappa shape index (κ1) is 23.0. The van der Waals surface area contributed by atoms with Crippen LogP contribution in [0.5, 0.6) is 5.75 Å². The average Bonchev–Trinajstić information content (AvgIpc) is 3.11. The van der Waals surface area contributed by atoms with Crippen LogP contribution in [0.1, 0.15) is 21.5 Å². The number of nitrogens with zero attached hydrogens (tertiary/aromatic N) is 1. The maximum atomic E-state index is 13.3. The van der Waals surface area contributed by atoms with E-state index < -0.39 is 5.97 Å². The van der Waals surface area contributed by atoms with Crippen LogP contribution in [0.15, 0.2) is 77.7 Å². The zero-order chi connectivity index (χ0) is 23.4. The summed E-state index contributed by atoms with van der Waals surface area (Å²) in [5.74, 6) is -0.217. The summed E-state index contributed by atoms with van der Waals surface area (Å²) in [5.41, 5.74) is 2.37. The van der Waals surface area contributed by atoms with Crippen LogP contribution in [0, 0.1) is 0 Å². The summed E-state index contributed by atoms with van der Waals surface area (Å²) < 4.78 is 11.2. The Labute approximate surface area is 205 Å². The van der Waals surface area contributed by atoms with Crippen molar-refractivity contribution in [2.24, 2.45) is 0 Å². The van der Waals surface area contributed by atoms with Gasteiger partial charge in [-0.1, -0.05) is 78.0 Å². The Morgan fingerprint density at radius 2 is 1.76 bits per heavy atom. The fraction of sp³-hybridized carbons (Fsp3) is 0.0800. The maximum Gasteiger partial charge on any atom is 0.339 e. The summed E-state index contributed by atoms with van der Waals surface area (Å²) in [7, 11) is 1.30. The number of amides is 1. The molecular weight excluding hydrogens is 478 g/mol. The number of thioether (sulfide) groups is 1. The largest absolute Gasteiger partial charge is 0.488 e. The summed E-state index contributed by atoms with van der Waals surface area (Å²) in [6.07, 6.45) is 1.75. The van der Waals surface area contributed by atoms with Crippen molar-refractivity contribution in [3.8, 4) is 5.75 Å². The van der Waals surface area contributed by atoms with Crippen molar-refractivity contribution in [2.75, 3.05) is 12.0 Å². The second kappa shape index (κ2) is 10.2. The lowest BCUT2D eigenvalue weighted by Crippen LogP contribution is -2.29. The second-order valence-corrected chi connectivity index (χ2v) is 9.09. The summed E-state index contributed by atoms with van der Waals surface area (Å²) in [4.78, 5) is 27.2. The normalized spacial score (nSPS) is 14.6. The van der Waals surface area contributed by atoms with Gasteiger partial charge >= 0.3 is 5.97 Å². The minimum atomic E-state index is -0.537. The van der Waals surface area contributed by atoms with Crippen LogP contribution < -0.4 is 9.64 Å². The number of hydrogen-bond acceptors (Lipinski definition) is 6. The molecule has 0 spiro atoms. The number of carbonyl (C=O) groups is 2. The number of rotatable bonds is 6. The minimum Gasteiger partial charge on any atom is -0.488 e. The molecule has 1 aliphatic rings. The Kier molecular flexibility index (Phi) is 7.13. The van der Waals surface area contributed by atoms with E-state index in [0.29, 0.717) is 32.3 Å². The van der Waals surface area contributed by atoms with Crippen LogP contribution in [0.2, 0.25) is 5.02 Å². The number of para-hydroxylation sites is 2. The molecule has 1 fully saturated rings. The molecule has 0 N–H and O–H groups in total. The summed E-state index contributed by atoms with van der Waals surface area (Å²) in [6, 6.07) is 21.6. The number of halogens is 1. The van der Waals surface area contributed by atoms with Crippen molar-refractivity contribution in [1.82, 2.24) is 0 Å². The monoisotopic (exact) mass is 495 g/mol. The number of benzene rings is 3. The van der Waals surface area contributed by atoms with E-state index in [-0.39, 0.29) is 11.5 Å². The Morgan fingerprint density at radius 1 is 1.06 bits per heavy atom. The fourth-order valence-electron chi connectivity index (χ4n) is 3.24. The van der Waals surface area contributed by atoms with Gasteiger partial charge in [-0.3, -0.25) is 9.69 Å². The molecule has 0 aromatic heterocycles. The quantitative estimate of drug-likeness (QED) is 0.233. The van der Waals surface area contributed by atoms with Gasteiger partial charge in [0.25, 0.3) is 5.91 Å². The highest BCUT2D eigenvalue weighted by atomic mass is 35.5. The molecule has 0 radical (unpaired) electrons. The first-order valence-electron chi connectivity index (χ1n) is 9.89. The number of methoxy groups -OCH3 is 1. The summed E-state index contributed by atoms with van der Waals surface area (Å²) >= 11 is 12.6. The number of carbonyl (C=O) groups excluding carboxylic acids is 2. The average molecular weight is 496 g/mol. The molecule has 1 amide bonds. The second-order valence-electron chi connectivity index (χ2n) is 6.98. The van der Waals surface area contributed by atoms with Crippen LogP contribution in [-0.4, -0.2) is 23.3 Å². The van der Waals surface area contributed by atoms with Gasteiger partial charge in [0, 0.05) is 10.6 Å². The van der Waals surface area contributed by atoms with E-state index in [2.05, 4.69) is 0 Å². The van der Waals surface area contributed by atoms with Gasteiger partial charge in [0.2, 0.25) is 0 Å². The third-order valence-electron chi connectivity index (χ3n) is 4.86. The molecule has 0 saturated carbocycles. The molecule has 0 unspecified atom stereocenters. The SMILES string of the molecule is COC(=O)c1ccccc1N1C(=O)/C(=C/c2ccccc2OCc2ccc(Cl)cc2)SC1=S. The van der Waals surface area contributed by atoms with E-state index in [1.54, 1.807) is 30.3 Å². The van der Waals surface area contributed by atoms with Gasteiger partial charge in [-0.15, -0.1) is 0 Å². The molecule has 166 valence electrons. The topological polar surface area (TPSA) is 55.8 Å². The molecular formula is C25H18ClNO4S2. The van der Waals surface area contributed by atoms with E-state index >= 15 is 0 Å². The van der Waals surface area contributed by atoms with Crippen molar-refractivity contribution < 1.29 is 19.1 Å². The first-order chi connectivity index (χ1) is 16.0. The highest BCUT2D eigenvalue weighted by Crippen LogP contribution is 2.38. The molecule has 0 bridgehead atoms. The van der Waals surface area contributed by atoms with Gasteiger partial charge in [-0.05, 0) is 42.0 Å². The Bertz CT molecular complexity index is 1260. The van der Waals surface area contributed by atoms with Crippen molar-refractivity contribution in [2.45, 2.75) is 6.61 Å². The predicted octanol–water partition coefficient (Wildman–Crippen LogP) is 6.11. The highest BCUT2D eigenvalue weighted by Gasteiger charge is 2.35. The van der Waals surface area contributed by atoms with E-state index in [1.165, 1.54) is 23.8 Å². The van der Waals surface area contributed by atoms with E-state index in [0.717, 1.165) is 11.1 Å². The molecule has 1 saturated heterocycles. The van der Waals surface area contributed by atoms with Gasteiger partial charge in [-0.2, -0.15) is 0 Å². The highest BCUT2D eigenvalue weighted by molar-refractivity contribution is 8.27. The molecule has 0 atom stereocenters. The molecule has 33 heavy (non-hydrogen) atoms. The first-order valence-corrected chi connectivity index (χ1v) is 11.5. The van der Waals surface area contributed by atoms with E-state index in [9.17, 15) is 9.59 Å². The zero-order valence-corrected chi connectivity index (χ0v) is 19.9. The van der Waals surface area contributed by atoms with Gasteiger partial charge in [0.1, 0.15) is 12.4 Å². The smallest absolute Gasteiger partial charge is 0.339 e. The van der Waals surface area contributed by atoms with Crippen molar-refractivity contribution >= 4 is 63.5 Å². The standard InChI is InChI=1S/C25H18ClNO4S2/c1-30-24(29)19-7-3-4-8-20(19)27-23(28)22(33-25(27)32)14-17-6-2-5-9-21(17)31-15-16-10-12-18(26)13-11-16/h2-14H,15H2,1H3/b22-14-. The fourth-order valence-corrected chi connectivity index (χ4v) is 4.64. The third-order valence-corrected chi connectivity index (χ3v) is 6.41. The number of thiocarbonyl (C=S) groups is 1. The van der Waals surface area contributed by atoms with Crippen LogP contribution in [0.3, 0.4) is 0 Å². The minimum absolute atomic E-state index is 0.268. The lowest BCUT2D eigenvalue weighted by atomic mass is 10.1. The Hall–Kier alpha value is -3.13. The lowest BCUT2D eigenvalue weighted by Gasteiger charge is -2.17. The molecule has 5 nitrogen and oxygen atoms in total. The summed E-state index contributed by atoms with van der Waals surface area (Å²) in [5, 5.41) is 0.662. The molecule has 1 aliphatic heterocycles. The van der Waals surface area contributed by atoms with Gasteiger partial charge in [0.05, 0.1) is 23.3 Å². The maximum absolute atomic E-state index is 13.3. The van der Waals surface area contributed by atoms with Crippen LogP contribution in [0.4, 0.5) is 5.69 Å². The molecule has 1 heterocycles. The Balaban J connectivity index is 1.60. The van der Waals surface area contributed by atoms with Gasteiger partial charge < -0.3 is 9.47 Å². The summed E-state index contributed by atoms with van der Waals surface area (Å²) in [6.45, 7) is 0.357. The Morgan fingerprint density at radius 3 is 2.52 bits per heavy atom. The van der Waals surface area contributed by atoms with E-state index in [4.69, 9.17) is 33.3 Å². The van der Waals surface area contributed by atoms with Crippen LogP contribution in [-0.2, 0) is 16.1 Å². The van der Waals surface area contributed by atoms with Gasteiger partial charge in [0.15, 0.2) is 4.32 Å². The predicted molar refractivity (Wildman–Crippen MR) is 136 cm³/mol. The van der Waals surface area contributed by atoms with Crippen LogP contribution >= 0.6 is 35.6 Å². The molecule has 3 aromatic carbocycles. The molecule has 0 aliphatic carbocycles. The van der Waals surface area contributed by atoms with Crippen LogP contribution in [0.25, 0.3) is 6.08 Å². The number of anilines is 1. The number of ether oxygens (including phenoxy) is 2.